The Hall–Kier alpha value is -1.84. The van der Waals surface area contributed by atoms with Crippen LogP contribution >= 0.6 is 0 Å². The molecule has 0 aromatic heterocycles. The standard InChI is InChI=1S/C24H38N2O2/c1-3-5-6-10-14-23(27)25-22(11-4-2)24(28)26-17-15-21(16-18-26)19-20-12-8-7-9-13-20/h7-9,12-13,21-22H,3-6,10-11,14-19H2,1-2H3,(H,25,27). The number of carbonyl (C=O) groups excluding carboxylic acids is 2. The number of likely N-dealkylation sites (tertiary alicyclic amines) is 1. The quantitative estimate of drug-likeness (QED) is 0.559. The highest BCUT2D eigenvalue weighted by molar-refractivity contribution is 5.87. The molecular weight excluding hydrogens is 348 g/mol. The monoisotopic (exact) mass is 386 g/mol. The van der Waals surface area contributed by atoms with Crippen molar-refractivity contribution in [3.05, 3.63) is 35.9 Å². The molecule has 1 aliphatic heterocycles. The first-order chi connectivity index (χ1) is 13.6. The van der Waals surface area contributed by atoms with Gasteiger partial charge in [-0.05, 0) is 43.6 Å². The molecule has 1 heterocycles. The average molecular weight is 387 g/mol. The summed E-state index contributed by atoms with van der Waals surface area (Å²) in [5, 5.41) is 3.01. The third-order valence-corrected chi connectivity index (χ3v) is 5.76. The molecule has 2 amide bonds. The van der Waals surface area contributed by atoms with Gasteiger partial charge in [-0.1, -0.05) is 69.9 Å². The van der Waals surface area contributed by atoms with Crippen molar-refractivity contribution < 1.29 is 9.59 Å². The molecule has 4 nitrogen and oxygen atoms in total. The first kappa shape index (κ1) is 22.4. The topological polar surface area (TPSA) is 49.4 Å². The number of nitrogens with zero attached hydrogens (tertiary/aromatic N) is 1. The van der Waals surface area contributed by atoms with Crippen LogP contribution in [0.2, 0.25) is 0 Å². The zero-order chi connectivity index (χ0) is 20.2. The van der Waals surface area contributed by atoms with Crippen LogP contribution in [0.1, 0.15) is 77.2 Å². The van der Waals surface area contributed by atoms with Crippen LogP contribution in [-0.4, -0.2) is 35.8 Å². The summed E-state index contributed by atoms with van der Waals surface area (Å²) in [7, 11) is 0. The zero-order valence-corrected chi connectivity index (χ0v) is 17.8. The molecule has 156 valence electrons. The SMILES string of the molecule is CCCCCCC(=O)NC(CCC)C(=O)N1CCC(Cc2ccccc2)CC1. The number of piperidine rings is 1. The van der Waals surface area contributed by atoms with E-state index in [-0.39, 0.29) is 17.9 Å². The normalized spacial score (nSPS) is 16.0. The van der Waals surface area contributed by atoms with Crippen LogP contribution in [0.15, 0.2) is 30.3 Å². The van der Waals surface area contributed by atoms with Crippen molar-refractivity contribution in [2.45, 2.75) is 84.1 Å². The lowest BCUT2D eigenvalue weighted by molar-refractivity contribution is -0.137. The molecule has 28 heavy (non-hydrogen) atoms. The largest absolute Gasteiger partial charge is 0.344 e. The maximum Gasteiger partial charge on any atom is 0.245 e. The lowest BCUT2D eigenvalue weighted by atomic mass is 9.90. The van der Waals surface area contributed by atoms with Crippen LogP contribution in [0, 0.1) is 5.92 Å². The van der Waals surface area contributed by atoms with Gasteiger partial charge in [0, 0.05) is 19.5 Å². The van der Waals surface area contributed by atoms with E-state index in [9.17, 15) is 9.59 Å². The van der Waals surface area contributed by atoms with Crippen LogP contribution in [0.4, 0.5) is 0 Å². The molecule has 0 bridgehead atoms. The number of hydrogen-bond donors (Lipinski definition) is 1. The number of unbranched alkanes of at least 4 members (excludes halogenated alkanes) is 3. The zero-order valence-electron chi connectivity index (χ0n) is 17.8. The molecule has 1 aromatic rings. The van der Waals surface area contributed by atoms with Crippen LogP contribution in [0.5, 0.6) is 0 Å². The molecule has 1 fully saturated rings. The Bertz CT molecular complexity index is 580. The predicted molar refractivity (Wildman–Crippen MR) is 115 cm³/mol. The highest BCUT2D eigenvalue weighted by atomic mass is 16.2. The fraction of sp³-hybridized carbons (Fsp3) is 0.667. The second-order valence-electron chi connectivity index (χ2n) is 8.18. The summed E-state index contributed by atoms with van der Waals surface area (Å²) < 4.78 is 0. The number of hydrogen-bond acceptors (Lipinski definition) is 2. The average Bonchev–Trinajstić information content (AvgIpc) is 2.72. The van der Waals surface area contributed by atoms with Gasteiger partial charge in [-0.2, -0.15) is 0 Å². The molecular formula is C24H38N2O2. The Morgan fingerprint density at radius 3 is 2.39 bits per heavy atom. The van der Waals surface area contributed by atoms with Gasteiger partial charge in [0.25, 0.3) is 0 Å². The van der Waals surface area contributed by atoms with Crippen molar-refractivity contribution in [1.82, 2.24) is 10.2 Å². The summed E-state index contributed by atoms with van der Waals surface area (Å²) in [5.74, 6) is 0.785. The maximum atomic E-state index is 13.0. The lowest BCUT2D eigenvalue weighted by Crippen LogP contribution is -2.50. The van der Waals surface area contributed by atoms with Gasteiger partial charge in [-0.25, -0.2) is 0 Å². The molecule has 0 saturated carbocycles. The highest BCUT2D eigenvalue weighted by Crippen LogP contribution is 2.22. The van der Waals surface area contributed by atoms with Crippen LogP contribution in [0.3, 0.4) is 0 Å². The first-order valence-electron chi connectivity index (χ1n) is 11.3. The van der Waals surface area contributed by atoms with E-state index in [1.807, 2.05) is 4.90 Å². The number of carbonyl (C=O) groups is 2. The molecule has 1 aromatic carbocycles. The van der Waals surface area contributed by atoms with Crippen molar-refractivity contribution in [3.8, 4) is 0 Å². The minimum Gasteiger partial charge on any atom is -0.344 e. The molecule has 4 heteroatoms. The van der Waals surface area contributed by atoms with E-state index < -0.39 is 0 Å². The number of amides is 2. The molecule has 1 saturated heterocycles. The van der Waals surface area contributed by atoms with E-state index in [4.69, 9.17) is 0 Å². The summed E-state index contributed by atoms with van der Waals surface area (Å²) >= 11 is 0. The van der Waals surface area contributed by atoms with E-state index in [0.717, 1.165) is 58.0 Å². The summed E-state index contributed by atoms with van der Waals surface area (Å²) in [4.78, 5) is 27.2. The van der Waals surface area contributed by atoms with Crippen molar-refractivity contribution in [3.63, 3.8) is 0 Å². The van der Waals surface area contributed by atoms with E-state index in [0.29, 0.717) is 12.3 Å². The lowest BCUT2D eigenvalue weighted by Gasteiger charge is -2.34. The molecule has 0 aliphatic carbocycles. The molecule has 1 aliphatic rings. The van der Waals surface area contributed by atoms with Gasteiger partial charge in [0.1, 0.15) is 6.04 Å². The summed E-state index contributed by atoms with van der Waals surface area (Å²) in [5.41, 5.74) is 1.38. The van der Waals surface area contributed by atoms with Crippen LogP contribution < -0.4 is 5.32 Å². The summed E-state index contributed by atoms with van der Waals surface area (Å²) in [6, 6.07) is 10.3. The summed E-state index contributed by atoms with van der Waals surface area (Å²) in [6.45, 7) is 5.85. The summed E-state index contributed by atoms with van der Waals surface area (Å²) in [6.07, 6.45) is 9.68. The van der Waals surface area contributed by atoms with Gasteiger partial charge < -0.3 is 10.2 Å². The van der Waals surface area contributed by atoms with E-state index in [2.05, 4.69) is 49.5 Å². The maximum absolute atomic E-state index is 13.0. The fourth-order valence-electron chi connectivity index (χ4n) is 4.05. The van der Waals surface area contributed by atoms with E-state index in [1.54, 1.807) is 0 Å². The second kappa shape index (κ2) is 12.6. The van der Waals surface area contributed by atoms with Crippen molar-refractivity contribution in [2.75, 3.05) is 13.1 Å². The number of nitrogens with one attached hydrogen (secondary N) is 1. The van der Waals surface area contributed by atoms with Gasteiger partial charge in [-0.15, -0.1) is 0 Å². The van der Waals surface area contributed by atoms with E-state index in [1.165, 1.54) is 18.4 Å². The number of rotatable bonds is 11. The second-order valence-corrected chi connectivity index (χ2v) is 8.18. The Morgan fingerprint density at radius 2 is 1.75 bits per heavy atom. The van der Waals surface area contributed by atoms with Gasteiger partial charge >= 0.3 is 0 Å². The van der Waals surface area contributed by atoms with Crippen molar-refractivity contribution >= 4 is 11.8 Å². The number of benzene rings is 1. The minimum absolute atomic E-state index is 0.0295. The predicted octanol–water partition coefficient (Wildman–Crippen LogP) is 4.72. The molecule has 1 atom stereocenters. The Kier molecular flexibility index (Phi) is 10.1. The van der Waals surface area contributed by atoms with Crippen LogP contribution in [-0.2, 0) is 16.0 Å². The Labute approximate surface area is 171 Å². The van der Waals surface area contributed by atoms with Crippen molar-refractivity contribution in [1.29, 1.82) is 0 Å². The highest BCUT2D eigenvalue weighted by Gasteiger charge is 2.28. The molecule has 2 rings (SSSR count). The fourth-order valence-corrected chi connectivity index (χ4v) is 4.05. The third kappa shape index (κ3) is 7.65. The molecule has 0 radical (unpaired) electrons. The Balaban J connectivity index is 1.78. The Morgan fingerprint density at radius 1 is 1.04 bits per heavy atom. The van der Waals surface area contributed by atoms with Gasteiger partial charge in [0.2, 0.25) is 11.8 Å². The van der Waals surface area contributed by atoms with Gasteiger partial charge in [0.05, 0.1) is 0 Å². The van der Waals surface area contributed by atoms with E-state index >= 15 is 0 Å². The first-order valence-corrected chi connectivity index (χ1v) is 11.3. The third-order valence-electron chi connectivity index (χ3n) is 5.76. The molecule has 1 N–H and O–H groups in total. The smallest absolute Gasteiger partial charge is 0.245 e. The van der Waals surface area contributed by atoms with Gasteiger partial charge in [-0.3, -0.25) is 9.59 Å². The molecule has 0 spiro atoms. The van der Waals surface area contributed by atoms with Crippen molar-refractivity contribution in [2.24, 2.45) is 5.92 Å². The molecule has 1 unspecified atom stereocenters. The van der Waals surface area contributed by atoms with Crippen LogP contribution in [0.25, 0.3) is 0 Å². The minimum atomic E-state index is -0.352. The van der Waals surface area contributed by atoms with Gasteiger partial charge in [0.15, 0.2) is 0 Å².